The molecule has 0 spiro atoms. The third-order valence-electron chi connectivity index (χ3n) is 5.58. The molecule has 1 saturated heterocycles. The van der Waals surface area contributed by atoms with Crippen molar-refractivity contribution in [3.63, 3.8) is 0 Å². The van der Waals surface area contributed by atoms with Crippen molar-refractivity contribution in [2.24, 2.45) is 0 Å². The minimum absolute atomic E-state index is 0. The average molecular weight is 549 g/mol. The average Bonchev–Trinajstić information content (AvgIpc) is 3.44. The molecule has 0 unspecified atom stereocenters. The summed E-state index contributed by atoms with van der Waals surface area (Å²) in [6.45, 7) is 0.492. The molecule has 177 valence electrons. The summed E-state index contributed by atoms with van der Waals surface area (Å²) in [5.74, 6) is 0.287. The van der Waals surface area contributed by atoms with E-state index in [2.05, 4.69) is 36.9 Å². The third-order valence-corrected chi connectivity index (χ3v) is 5.58. The van der Waals surface area contributed by atoms with Crippen LogP contribution in [0.2, 0.25) is 0 Å². The molecule has 1 aliphatic rings. The number of rotatable bonds is 6. The number of anilines is 1. The molecule has 12 heteroatoms. The number of hydrogen-bond donors (Lipinski definition) is 4. The summed E-state index contributed by atoms with van der Waals surface area (Å²) in [7, 11) is 1.43. The van der Waals surface area contributed by atoms with E-state index in [1.54, 1.807) is 18.5 Å². The Kier molecular flexibility index (Phi) is 7.83. The number of aliphatic hydroxyl groups excluding tert-OH is 2. The fourth-order valence-electron chi connectivity index (χ4n) is 3.80. The minimum Gasteiger partial charge on any atom is -0.406 e. The maximum absolute atomic E-state index is 12.1. The van der Waals surface area contributed by atoms with E-state index < -0.39 is 30.4 Å². The number of carbonyl (C=O) groups is 1. The summed E-state index contributed by atoms with van der Waals surface area (Å²) in [6.07, 6.45) is 0.882. The topological polar surface area (TPSA) is 147 Å². The van der Waals surface area contributed by atoms with Crippen LogP contribution in [0.1, 0.15) is 11.8 Å². The number of nitrogens with zero attached hydrogens (tertiary/aromatic N) is 5. The molecule has 1 aromatic carbocycles. The predicted molar refractivity (Wildman–Crippen MR) is 121 cm³/mol. The number of fused-ring (bicyclic) bond motifs is 1. The third kappa shape index (κ3) is 4.96. The molecule has 3 aromatic heterocycles. The van der Waals surface area contributed by atoms with E-state index >= 15 is 0 Å². The van der Waals surface area contributed by atoms with Crippen LogP contribution in [0.3, 0.4) is 0 Å². The Morgan fingerprint density at radius 1 is 1.14 bits per heavy atom. The van der Waals surface area contributed by atoms with Gasteiger partial charge in [0.2, 0.25) is 0 Å². The Hall–Kier alpha value is -2.83. The Balaban J connectivity index is 0.00000289. The van der Waals surface area contributed by atoms with Gasteiger partial charge in [-0.25, -0.2) is 4.98 Å². The maximum atomic E-state index is 12.1. The van der Waals surface area contributed by atoms with Gasteiger partial charge < -0.3 is 35.1 Å². The van der Waals surface area contributed by atoms with Crippen molar-refractivity contribution in [2.75, 3.05) is 12.4 Å². The SMILES string of the molecule is CNC(=O)[C@H]1O[C@@H](n2[c-]nc3c(NCc4ccccc4)nc(-c4cccnc4)nc32)[C@H](O)[C@@H]1O.[Y]. The zero-order chi connectivity index (χ0) is 23.7. The van der Waals surface area contributed by atoms with Crippen LogP contribution in [0.25, 0.3) is 22.6 Å². The normalized spacial score (nSPS) is 21.5. The first kappa shape index (κ1) is 25.3. The number of ether oxygens (including phenoxy) is 1. The second-order valence-electron chi connectivity index (χ2n) is 7.77. The van der Waals surface area contributed by atoms with Gasteiger partial charge in [-0.15, -0.1) is 0 Å². The van der Waals surface area contributed by atoms with Crippen LogP contribution in [0.4, 0.5) is 5.82 Å². The number of aromatic nitrogens is 5. The number of pyridine rings is 1. The van der Waals surface area contributed by atoms with Crippen LogP contribution in [-0.2, 0) is 48.8 Å². The van der Waals surface area contributed by atoms with Gasteiger partial charge >= 0.3 is 0 Å². The Morgan fingerprint density at radius 3 is 2.66 bits per heavy atom. The first-order valence-electron chi connectivity index (χ1n) is 10.7. The van der Waals surface area contributed by atoms with E-state index in [4.69, 9.17) is 4.74 Å². The monoisotopic (exact) mass is 549 g/mol. The molecule has 4 heterocycles. The number of likely N-dealkylation sites (N-methyl/N-ethyl adjacent to an activating group) is 1. The van der Waals surface area contributed by atoms with Crippen molar-refractivity contribution in [2.45, 2.75) is 31.1 Å². The second-order valence-corrected chi connectivity index (χ2v) is 7.77. The molecule has 1 aliphatic heterocycles. The van der Waals surface area contributed by atoms with E-state index in [1.807, 2.05) is 36.4 Å². The van der Waals surface area contributed by atoms with Crippen LogP contribution in [0.5, 0.6) is 0 Å². The summed E-state index contributed by atoms with van der Waals surface area (Å²) < 4.78 is 7.07. The standard InChI is InChI=1S/C23H22N7O4.Y/c1-24-22(33)18-16(31)17(32)23(34-18)30-12-27-15-20(26-10-13-6-3-2-4-7-13)28-19(29-21(15)30)14-8-5-9-25-11-14;/h2-9,11,16-18,23,31-32H,10H2,1H3,(H,24,33)(H,26,28,29);/q-1;/t16-,17+,18-,23+;/m0./s1. The molecule has 4 aromatic rings. The van der Waals surface area contributed by atoms with Crippen LogP contribution in [0.15, 0.2) is 54.9 Å². The fraction of sp³-hybridized carbons (Fsp3) is 0.261. The van der Waals surface area contributed by atoms with E-state index in [-0.39, 0.29) is 32.7 Å². The summed E-state index contributed by atoms with van der Waals surface area (Å²) in [4.78, 5) is 29.8. The smallest absolute Gasteiger partial charge is 0.251 e. The summed E-state index contributed by atoms with van der Waals surface area (Å²) in [5.41, 5.74) is 2.44. The van der Waals surface area contributed by atoms with Gasteiger partial charge in [-0.05, 0) is 23.2 Å². The quantitative estimate of drug-likeness (QED) is 0.255. The number of amides is 1. The van der Waals surface area contributed by atoms with Crippen molar-refractivity contribution in [3.8, 4) is 11.4 Å². The van der Waals surface area contributed by atoms with Gasteiger partial charge in [0, 0.05) is 76.2 Å². The number of hydrogen-bond acceptors (Lipinski definition) is 9. The minimum atomic E-state index is -1.42. The number of benzene rings is 1. The van der Waals surface area contributed by atoms with Gasteiger partial charge in [0.15, 0.2) is 11.9 Å². The number of nitrogens with one attached hydrogen (secondary N) is 2. The van der Waals surface area contributed by atoms with Crippen molar-refractivity contribution in [3.05, 3.63) is 66.7 Å². The number of imidazole rings is 1. The van der Waals surface area contributed by atoms with E-state index in [0.717, 1.165) is 5.56 Å². The first-order chi connectivity index (χ1) is 16.6. The van der Waals surface area contributed by atoms with Crippen LogP contribution < -0.4 is 10.6 Å². The zero-order valence-corrected chi connectivity index (χ0v) is 21.6. The molecule has 1 radical (unpaired) electrons. The molecule has 35 heavy (non-hydrogen) atoms. The van der Waals surface area contributed by atoms with Gasteiger partial charge in [0.25, 0.3) is 5.91 Å². The van der Waals surface area contributed by atoms with E-state index in [0.29, 0.717) is 34.9 Å². The molecule has 1 fully saturated rings. The Labute approximate surface area is 225 Å². The largest absolute Gasteiger partial charge is 0.406 e. The molecule has 4 atom stereocenters. The van der Waals surface area contributed by atoms with Gasteiger partial charge in [-0.3, -0.25) is 14.8 Å². The first-order valence-corrected chi connectivity index (χ1v) is 10.7. The molecular formula is C23H22N7O4Y-. The number of carbonyl (C=O) groups excluding carboxylic acids is 1. The van der Waals surface area contributed by atoms with Gasteiger partial charge in [-0.2, -0.15) is 0 Å². The zero-order valence-electron chi connectivity index (χ0n) is 18.7. The molecule has 1 amide bonds. The fourth-order valence-corrected chi connectivity index (χ4v) is 3.80. The van der Waals surface area contributed by atoms with Gasteiger partial charge in [0.1, 0.15) is 18.4 Å². The van der Waals surface area contributed by atoms with Crippen molar-refractivity contribution >= 4 is 22.9 Å². The molecule has 0 aliphatic carbocycles. The van der Waals surface area contributed by atoms with Crippen LogP contribution in [-0.4, -0.2) is 66.0 Å². The summed E-state index contributed by atoms with van der Waals surface area (Å²) in [6, 6.07) is 13.4. The van der Waals surface area contributed by atoms with Crippen LogP contribution >= 0.6 is 0 Å². The van der Waals surface area contributed by atoms with Gasteiger partial charge in [-0.1, -0.05) is 30.3 Å². The van der Waals surface area contributed by atoms with E-state index in [9.17, 15) is 15.0 Å². The molecule has 5 rings (SSSR count). The Bertz CT molecular complexity index is 1310. The molecule has 4 N–H and O–H groups in total. The van der Waals surface area contributed by atoms with Crippen LogP contribution in [0, 0.1) is 6.33 Å². The van der Waals surface area contributed by atoms with Crippen molar-refractivity contribution in [1.29, 1.82) is 0 Å². The van der Waals surface area contributed by atoms with E-state index in [1.165, 1.54) is 11.6 Å². The summed E-state index contributed by atoms with van der Waals surface area (Å²) >= 11 is 0. The Morgan fingerprint density at radius 2 is 1.94 bits per heavy atom. The van der Waals surface area contributed by atoms with Gasteiger partial charge in [0.05, 0.1) is 5.82 Å². The number of aliphatic hydroxyl groups is 2. The summed E-state index contributed by atoms with van der Waals surface area (Å²) in [5, 5.41) is 26.7. The molecule has 0 saturated carbocycles. The van der Waals surface area contributed by atoms with Crippen molar-refractivity contribution in [1.82, 2.24) is 29.8 Å². The molecule has 11 nitrogen and oxygen atoms in total. The predicted octanol–water partition coefficient (Wildman–Crippen LogP) is 0.663. The molecular weight excluding hydrogens is 527 g/mol. The second kappa shape index (κ2) is 10.8. The molecule has 0 bridgehead atoms. The van der Waals surface area contributed by atoms with Crippen molar-refractivity contribution < 1.29 is 52.5 Å². The maximum Gasteiger partial charge on any atom is 0.251 e.